The van der Waals surface area contributed by atoms with Crippen LogP contribution in [0.1, 0.15) is 11.1 Å². The lowest BCUT2D eigenvalue weighted by atomic mass is 10.2. The second-order valence-corrected chi connectivity index (χ2v) is 3.81. The third-order valence-electron chi connectivity index (χ3n) is 2.60. The fourth-order valence-electron chi connectivity index (χ4n) is 1.71. The van der Waals surface area contributed by atoms with E-state index in [0.29, 0.717) is 12.4 Å². The number of aromatic nitrogens is 2. The molecular formula is C12H16N4. The summed E-state index contributed by atoms with van der Waals surface area (Å²) in [5, 5.41) is 4.30. The smallest absolute Gasteiger partial charge is 0.149 e. The summed E-state index contributed by atoms with van der Waals surface area (Å²) in [6.45, 7) is 2.64. The molecule has 0 saturated carbocycles. The highest BCUT2D eigenvalue weighted by atomic mass is 15.3. The summed E-state index contributed by atoms with van der Waals surface area (Å²) < 4.78 is 1.82. The standard InChI is InChI=1S/C12H16N4/c1-9-4-2-3-5-11(9)16-8-10(6-7-13)12(14)15-16/h2-5,8H,6-7,13H2,1H3,(H2,14,15). The van der Waals surface area contributed by atoms with Gasteiger partial charge in [-0.2, -0.15) is 5.10 Å². The van der Waals surface area contributed by atoms with Gasteiger partial charge in [-0.25, -0.2) is 4.68 Å². The number of anilines is 1. The molecule has 0 aliphatic carbocycles. The Morgan fingerprint density at radius 2 is 2.06 bits per heavy atom. The molecule has 4 nitrogen and oxygen atoms in total. The van der Waals surface area contributed by atoms with Crippen LogP contribution in [-0.4, -0.2) is 16.3 Å². The van der Waals surface area contributed by atoms with Gasteiger partial charge < -0.3 is 11.5 Å². The minimum Gasteiger partial charge on any atom is -0.382 e. The summed E-state index contributed by atoms with van der Waals surface area (Å²) in [6.07, 6.45) is 2.71. The maximum atomic E-state index is 5.83. The molecule has 1 aromatic heterocycles. The Morgan fingerprint density at radius 1 is 1.31 bits per heavy atom. The number of hydrogen-bond acceptors (Lipinski definition) is 3. The van der Waals surface area contributed by atoms with Crippen molar-refractivity contribution in [1.29, 1.82) is 0 Å². The third-order valence-corrected chi connectivity index (χ3v) is 2.60. The van der Waals surface area contributed by atoms with Crippen LogP contribution < -0.4 is 11.5 Å². The first kappa shape index (κ1) is 10.7. The molecule has 2 aromatic rings. The lowest BCUT2D eigenvalue weighted by molar-refractivity contribution is 0.875. The van der Waals surface area contributed by atoms with Crippen molar-refractivity contribution < 1.29 is 0 Å². The lowest BCUT2D eigenvalue weighted by Crippen LogP contribution is -2.03. The Hall–Kier alpha value is -1.81. The molecule has 0 fully saturated rings. The topological polar surface area (TPSA) is 69.9 Å². The van der Waals surface area contributed by atoms with Gasteiger partial charge in [-0.15, -0.1) is 0 Å². The van der Waals surface area contributed by atoms with Gasteiger partial charge in [0.1, 0.15) is 5.82 Å². The second-order valence-electron chi connectivity index (χ2n) is 3.81. The summed E-state index contributed by atoms with van der Waals surface area (Å²) in [6, 6.07) is 8.07. The van der Waals surface area contributed by atoms with Gasteiger partial charge in [-0.1, -0.05) is 18.2 Å². The average molecular weight is 216 g/mol. The van der Waals surface area contributed by atoms with Crippen LogP contribution >= 0.6 is 0 Å². The zero-order valence-corrected chi connectivity index (χ0v) is 9.35. The Labute approximate surface area is 94.9 Å². The molecule has 4 N–H and O–H groups in total. The first-order chi connectivity index (χ1) is 7.72. The fourth-order valence-corrected chi connectivity index (χ4v) is 1.71. The highest BCUT2D eigenvalue weighted by Gasteiger charge is 2.07. The van der Waals surface area contributed by atoms with Crippen molar-refractivity contribution in [2.24, 2.45) is 5.73 Å². The van der Waals surface area contributed by atoms with E-state index in [1.165, 1.54) is 5.56 Å². The van der Waals surface area contributed by atoms with Crippen LogP contribution in [0.4, 0.5) is 5.82 Å². The molecule has 0 saturated heterocycles. The fraction of sp³-hybridized carbons (Fsp3) is 0.250. The monoisotopic (exact) mass is 216 g/mol. The van der Waals surface area contributed by atoms with Crippen LogP contribution in [0.15, 0.2) is 30.5 Å². The molecule has 1 heterocycles. The third kappa shape index (κ3) is 1.92. The molecule has 0 spiro atoms. The number of para-hydroxylation sites is 1. The van der Waals surface area contributed by atoms with E-state index in [0.717, 1.165) is 17.7 Å². The van der Waals surface area contributed by atoms with Crippen molar-refractivity contribution in [3.8, 4) is 5.69 Å². The first-order valence-corrected chi connectivity index (χ1v) is 5.32. The minimum absolute atomic E-state index is 0.564. The van der Waals surface area contributed by atoms with Gasteiger partial charge in [0.05, 0.1) is 5.69 Å². The quantitative estimate of drug-likeness (QED) is 0.811. The van der Waals surface area contributed by atoms with Crippen molar-refractivity contribution in [3.63, 3.8) is 0 Å². The van der Waals surface area contributed by atoms with Crippen LogP contribution in [0, 0.1) is 6.92 Å². The van der Waals surface area contributed by atoms with E-state index in [2.05, 4.69) is 18.1 Å². The molecule has 84 valence electrons. The maximum absolute atomic E-state index is 5.83. The minimum atomic E-state index is 0.564. The van der Waals surface area contributed by atoms with Crippen molar-refractivity contribution >= 4 is 5.82 Å². The number of rotatable bonds is 3. The maximum Gasteiger partial charge on any atom is 0.149 e. The van der Waals surface area contributed by atoms with Crippen LogP contribution in [0.2, 0.25) is 0 Å². The normalized spacial score (nSPS) is 10.6. The predicted molar refractivity (Wildman–Crippen MR) is 65.5 cm³/mol. The molecule has 1 aromatic carbocycles. The SMILES string of the molecule is Cc1ccccc1-n1cc(CCN)c(N)n1. The number of hydrogen-bond donors (Lipinski definition) is 2. The summed E-state index contributed by atoms with van der Waals surface area (Å²) in [5.41, 5.74) is 14.6. The molecule has 0 unspecified atom stereocenters. The first-order valence-electron chi connectivity index (χ1n) is 5.32. The van der Waals surface area contributed by atoms with E-state index in [1.807, 2.05) is 29.1 Å². The zero-order chi connectivity index (χ0) is 11.5. The van der Waals surface area contributed by atoms with Crippen LogP contribution in [-0.2, 0) is 6.42 Å². The molecule has 2 rings (SSSR count). The Morgan fingerprint density at radius 3 is 2.75 bits per heavy atom. The molecule has 0 aliphatic rings. The van der Waals surface area contributed by atoms with Crippen molar-refractivity contribution in [2.75, 3.05) is 12.3 Å². The number of aryl methyl sites for hydroxylation is 1. The van der Waals surface area contributed by atoms with Crippen molar-refractivity contribution in [3.05, 3.63) is 41.6 Å². The largest absolute Gasteiger partial charge is 0.382 e. The molecule has 0 bridgehead atoms. The van der Waals surface area contributed by atoms with E-state index < -0.39 is 0 Å². The second kappa shape index (κ2) is 4.37. The highest BCUT2D eigenvalue weighted by Crippen LogP contribution is 2.17. The van der Waals surface area contributed by atoms with E-state index in [9.17, 15) is 0 Å². The van der Waals surface area contributed by atoms with Gasteiger partial charge in [0.2, 0.25) is 0 Å². The van der Waals surface area contributed by atoms with Gasteiger partial charge in [-0.05, 0) is 31.5 Å². The Kier molecular flexibility index (Phi) is 2.92. The molecular weight excluding hydrogens is 200 g/mol. The Balaban J connectivity index is 2.42. The van der Waals surface area contributed by atoms with E-state index in [4.69, 9.17) is 11.5 Å². The van der Waals surface area contributed by atoms with Crippen molar-refractivity contribution in [2.45, 2.75) is 13.3 Å². The average Bonchev–Trinajstić information content (AvgIpc) is 2.61. The number of nitrogens with zero attached hydrogens (tertiary/aromatic N) is 2. The zero-order valence-electron chi connectivity index (χ0n) is 9.35. The lowest BCUT2D eigenvalue weighted by Gasteiger charge is -2.04. The summed E-state index contributed by atoms with van der Waals surface area (Å²) in [4.78, 5) is 0. The van der Waals surface area contributed by atoms with E-state index in [-0.39, 0.29) is 0 Å². The summed E-state index contributed by atoms with van der Waals surface area (Å²) in [5.74, 6) is 0.564. The molecule has 4 heteroatoms. The summed E-state index contributed by atoms with van der Waals surface area (Å²) >= 11 is 0. The molecule has 0 aliphatic heterocycles. The molecule has 0 amide bonds. The van der Waals surface area contributed by atoms with Crippen LogP contribution in [0.25, 0.3) is 5.69 Å². The molecule has 16 heavy (non-hydrogen) atoms. The van der Waals surface area contributed by atoms with E-state index >= 15 is 0 Å². The number of benzene rings is 1. The van der Waals surface area contributed by atoms with E-state index in [1.54, 1.807) is 0 Å². The van der Waals surface area contributed by atoms with Gasteiger partial charge in [0.25, 0.3) is 0 Å². The molecule has 0 radical (unpaired) electrons. The summed E-state index contributed by atoms with van der Waals surface area (Å²) in [7, 11) is 0. The number of nitrogen functional groups attached to an aromatic ring is 1. The van der Waals surface area contributed by atoms with Crippen LogP contribution in [0.5, 0.6) is 0 Å². The Bertz CT molecular complexity index is 488. The van der Waals surface area contributed by atoms with Crippen LogP contribution in [0.3, 0.4) is 0 Å². The number of nitrogens with two attached hydrogens (primary N) is 2. The van der Waals surface area contributed by atoms with Gasteiger partial charge in [-0.3, -0.25) is 0 Å². The predicted octanol–water partition coefficient (Wildman–Crippen LogP) is 1.26. The highest BCUT2D eigenvalue weighted by molar-refractivity contribution is 5.45. The van der Waals surface area contributed by atoms with Gasteiger partial charge >= 0.3 is 0 Å². The van der Waals surface area contributed by atoms with Gasteiger partial charge in [0.15, 0.2) is 0 Å². The van der Waals surface area contributed by atoms with Crippen molar-refractivity contribution in [1.82, 2.24) is 9.78 Å². The van der Waals surface area contributed by atoms with Gasteiger partial charge in [0, 0.05) is 11.8 Å². The molecule has 0 atom stereocenters.